The average molecular weight is 245 g/mol. The molecule has 0 fully saturated rings. The van der Waals surface area contributed by atoms with Gasteiger partial charge in [0.05, 0.1) is 6.42 Å². The summed E-state index contributed by atoms with van der Waals surface area (Å²) in [6, 6.07) is 8.15. The van der Waals surface area contributed by atoms with E-state index in [0.717, 1.165) is 11.1 Å². The van der Waals surface area contributed by atoms with Gasteiger partial charge in [-0.15, -0.1) is 0 Å². The van der Waals surface area contributed by atoms with Crippen LogP contribution in [0.5, 0.6) is 0 Å². The lowest BCUT2D eigenvalue weighted by Crippen LogP contribution is -2.11. The summed E-state index contributed by atoms with van der Waals surface area (Å²) in [4.78, 5) is 11.0. The molecule has 2 aromatic rings. The molecule has 0 bridgehead atoms. The van der Waals surface area contributed by atoms with Crippen molar-refractivity contribution >= 4 is 16.9 Å². The number of nitrogens with zero attached hydrogens (tertiary/aromatic N) is 1. The summed E-state index contributed by atoms with van der Waals surface area (Å²) in [5, 5.41) is 10.2. The Morgan fingerprint density at radius 1 is 1.33 bits per heavy atom. The van der Waals surface area contributed by atoms with E-state index in [2.05, 4.69) is 36.7 Å². The minimum absolute atomic E-state index is 0.0635. The van der Waals surface area contributed by atoms with Crippen molar-refractivity contribution in [1.82, 2.24) is 4.57 Å². The Balaban J connectivity index is 2.54. The van der Waals surface area contributed by atoms with Crippen LogP contribution in [0.2, 0.25) is 0 Å². The van der Waals surface area contributed by atoms with Crippen LogP contribution in [0.3, 0.4) is 0 Å². The Kier molecular flexibility index (Phi) is 3.41. The zero-order valence-corrected chi connectivity index (χ0v) is 11.1. The molecule has 96 valence electrons. The van der Waals surface area contributed by atoms with Gasteiger partial charge in [-0.25, -0.2) is 0 Å². The third-order valence-corrected chi connectivity index (χ3v) is 3.53. The second kappa shape index (κ2) is 4.84. The quantitative estimate of drug-likeness (QED) is 0.897. The molecule has 0 spiro atoms. The predicted octanol–water partition coefficient (Wildman–Crippen LogP) is 3.39. The SMILES string of the molecule is CC(C)C(CC(=O)O)c1cn(C)c2ccccc12. The van der Waals surface area contributed by atoms with Crippen LogP contribution in [-0.4, -0.2) is 15.6 Å². The van der Waals surface area contributed by atoms with Crippen LogP contribution in [-0.2, 0) is 11.8 Å². The van der Waals surface area contributed by atoms with Crippen LogP contribution in [0.15, 0.2) is 30.5 Å². The first-order valence-electron chi connectivity index (χ1n) is 6.26. The minimum Gasteiger partial charge on any atom is -0.481 e. The number of carbonyl (C=O) groups is 1. The third-order valence-electron chi connectivity index (χ3n) is 3.53. The Morgan fingerprint density at radius 2 is 2.00 bits per heavy atom. The first-order valence-corrected chi connectivity index (χ1v) is 6.26. The largest absolute Gasteiger partial charge is 0.481 e. The topological polar surface area (TPSA) is 42.2 Å². The summed E-state index contributed by atoms with van der Waals surface area (Å²) in [6.07, 6.45) is 2.25. The van der Waals surface area contributed by atoms with Crippen molar-refractivity contribution in [1.29, 1.82) is 0 Å². The predicted molar refractivity (Wildman–Crippen MR) is 72.8 cm³/mol. The zero-order valence-electron chi connectivity index (χ0n) is 11.1. The maximum Gasteiger partial charge on any atom is 0.303 e. The van der Waals surface area contributed by atoms with Gasteiger partial charge in [0.1, 0.15) is 0 Å². The molecule has 18 heavy (non-hydrogen) atoms. The molecule has 1 atom stereocenters. The van der Waals surface area contributed by atoms with Gasteiger partial charge in [-0.05, 0) is 23.5 Å². The zero-order chi connectivity index (χ0) is 13.3. The molecule has 0 saturated heterocycles. The fourth-order valence-corrected chi connectivity index (χ4v) is 2.56. The van der Waals surface area contributed by atoms with Gasteiger partial charge in [0.15, 0.2) is 0 Å². The van der Waals surface area contributed by atoms with Crippen molar-refractivity contribution in [3.8, 4) is 0 Å². The Labute approximate surface area is 107 Å². The van der Waals surface area contributed by atoms with E-state index in [1.807, 2.05) is 19.2 Å². The molecule has 0 amide bonds. The molecule has 1 aromatic heterocycles. The van der Waals surface area contributed by atoms with E-state index < -0.39 is 5.97 Å². The Bertz CT molecular complexity index is 569. The maximum atomic E-state index is 11.0. The van der Waals surface area contributed by atoms with Gasteiger partial charge in [0.2, 0.25) is 0 Å². The van der Waals surface area contributed by atoms with E-state index in [1.54, 1.807) is 0 Å². The van der Waals surface area contributed by atoms with Gasteiger partial charge in [-0.1, -0.05) is 32.0 Å². The molecule has 3 nitrogen and oxygen atoms in total. The molecular weight excluding hydrogens is 226 g/mol. The van der Waals surface area contributed by atoms with Crippen molar-refractivity contribution < 1.29 is 9.90 Å². The monoisotopic (exact) mass is 245 g/mol. The summed E-state index contributed by atoms with van der Waals surface area (Å²) < 4.78 is 2.07. The minimum atomic E-state index is -0.735. The number of benzene rings is 1. The fourth-order valence-electron chi connectivity index (χ4n) is 2.56. The number of rotatable bonds is 4. The summed E-state index contributed by atoms with van der Waals surface area (Å²) in [5.74, 6) is -0.359. The number of hydrogen-bond donors (Lipinski definition) is 1. The molecule has 0 aliphatic rings. The van der Waals surface area contributed by atoms with Crippen molar-refractivity contribution in [2.75, 3.05) is 0 Å². The number of para-hydroxylation sites is 1. The van der Waals surface area contributed by atoms with Crippen molar-refractivity contribution in [3.05, 3.63) is 36.0 Å². The maximum absolute atomic E-state index is 11.0. The lowest BCUT2D eigenvalue weighted by Gasteiger charge is -2.18. The number of carboxylic acid groups (broad SMARTS) is 1. The van der Waals surface area contributed by atoms with Crippen LogP contribution in [0.25, 0.3) is 10.9 Å². The highest BCUT2D eigenvalue weighted by Gasteiger charge is 2.22. The van der Waals surface area contributed by atoms with Crippen molar-refractivity contribution in [2.45, 2.75) is 26.2 Å². The molecule has 0 radical (unpaired) electrons. The summed E-state index contributed by atoms with van der Waals surface area (Å²) >= 11 is 0. The van der Waals surface area contributed by atoms with E-state index in [4.69, 9.17) is 5.11 Å². The number of carboxylic acids is 1. The first-order chi connectivity index (χ1) is 8.50. The molecule has 2 rings (SSSR count). The highest BCUT2D eigenvalue weighted by Crippen LogP contribution is 2.34. The lowest BCUT2D eigenvalue weighted by molar-refractivity contribution is -0.137. The number of aromatic nitrogens is 1. The van der Waals surface area contributed by atoms with Gasteiger partial charge in [-0.3, -0.25) is 4.79 Å². The number of fused-ring (bicyclic) bond motifs is 1. The highest BCUT2D eigenvalue weighted by atomic mass is 16.4. The van der Waals surface area contributed by atoms with Crippen LogP contribution in [0, 0.1) is 5.92 Å². The fraction of sp³-hybridized carbons (Fsp3) is 0.400. The summed E-state index contributed by atoms with van der Waals surface area (Å²) in [6.45, 7) is 4.16. The normalized spacial score (nSPS) is 13.1. The van der Waals surface area contributed by atoms with E-state index in [-0.39, 0.29) is 12.3 Å². The van der Waals surface area contributed by atoms with Gasteiger partial charge in [0.25, 0.3) is 0 Å². The molecule has 1 aromatic carbocycles. The molecule has 1 N–H and O–H groups in total. The number of hydrogen-bond acceptors (Lipinski definition) is 1. The smallest absolute Gasteiger partial charge is 0.303 e. The van der Waals surface area contributed by atoms with Crippen LogP contribution in [0.1, 0.15) is 31.7 Å². The van der Waals surface area contributed by atoms with E-state index in [9.17, 15) is 4.79 Å². The Morgan fingerprint density at radius 3 is 2.61 bits per heavy atom. The number of aliphatic carboxylic acids is 1. The van der Waals surface area contributed by atoms with Gasteiger partial charge in [0, 0.05) is 24.1 Å². The molecule has 1 unspecified atom stereocenters. The standard InChI is InChI=1S/C15H19NO2/c1-10(2)12(8-15(17)18)13-9-16(3)14-7-5-4-6-11(13)14/h4-7,9-10,12H,8H2,1-3H3,(H,17,18). The van der Waals surface area contributed by atoms with Gasteiger partial charge in [-0.2, -0.15) is 0 Å². The van der Waals surface area contributed by atoms with E-state index in [0.29, 0.717) is 5.92 Å². The van der Waals surface area contributed by atoms with Crippen LogP contribution >= 0.6 is 0 Å². The molecule has 0 aliphatic heterocycles. The van der Waals surface area contributed by atoms with E-state index in [1.165, 1.54) is 5.39 Å². The molecule has 3 heteroatoms. The average Bonchev–Trinajstić information content (AvgIpc) is 2.64. The van der Waals surface area contributed by atoms with Crippen molar-refractivity contribution in [3.63, 3.8) is 0 Å². The van der Waals surface area contributed by atoms with Gasteiger partial charge >= 0.3 is 5.97 Å². The highest BCUT2D eigenvalue weighted by molar-refractivity contribution is 5.85. The van der Waals surface area contributed by atoms with Crippen LogP contribution < -0.4 is 0 Å². The second-order valence-corrected chi connectivity index (χ2v) is 5.16. The Hall–Kier alpha value is -1.77. The molecule has 0 saturated carbocycles. The summed E-state index contributed by atoms with van der Waals surface area (Å²) in [7, 11) is 2.00. The van der Waals surface area contributed by atoms with Gasteiger partial charge < -0.3 is 9.67 Å². The molecule has 1 heterocycles. The lowest BCUT2D eigenvalue weighted by atomic mass is 9.85. The van der Waals surface area contributed by atoms with Crippen molar-refractivity contribution in [2.24, 2.45) is 13.0 Å². The third kappa shape index (κ3) is 2.26. The summed E-state index contributed by atoms with van der Waals surface area (Å²) in [5.41, 5.74) is 2.30. The van der Waals surface area contributed by atoms with E-state index >= 15 is 0 Å². The van der Waals surface area contributed by atoms with Crippen LogP contribution in [0.4, 0.5) is 0 Å². The first kappa shape index (κ1) is 12.7. The second-order valence-electron chi connectivity index (χ2n) is 5.16. The molecule has 0 aliphatic carbocycles. The molecular formula is C15H19NO2. The number of aryl methyl sites for hydroxylation is 1.